The third-order valence-electron chi connectivity index (χ3n) is 2.50. The summed E-state index contributed by atoms with van der Waals surface area (Å²) >= 11 is 1.84. The molecule has 2 rings (SSSR count). The van der Waals surface area contributed by atoms with Crippen LogP contribution in [0.1, 0.15) is 30.6 Å². The van der Waals surface area contributed by atoms with Crippen LogP contribution in [0.25, 0.3) is 0 Å². The summed E-state index contributed by atoms with van der Waals surface area (Å²) in [5.74, 6) is 0. The van der Waals surface area contributed by atoms with Crippen LogP contribution in [0.4, 0.5) is 0 Å². The minimum absolute atomic E-state index is 0. The molecule has 1 aromatic rings. The number of rotatable bonds is 3. The Hall–Kier alpha value is -0.0500. The molecule has 0 spiro atoms. The summed E-state index contributed by atoms with van der Waals surface area (Å²) in [5.41, 5.74) is 0. The molecular formula is C10H16ClNS. The van der Waals surface area contributed by atoms with E-state index < -0.39 is 0 Å². The highest BCUT2D eigenvalue weighted by Gasteiger charge is 2.13. The Morgan fingerprint density at radius 3 is 2.77 bits per heavy atom. The summed E-state index contributed by atoms with van der Waals surface area (Å²) in [7, 11) is 0. The Labute approximate surface area is 90.0 Å². The molecular weight excluding hydrogens is 202 g/mol. The summed E-state index contributed by atoms with van der Waals surface area (Å²) in [6, 6.07) is 5.12. The van der Waals surface area contributed by atoms with Gasteiger partial charge in [-0.25, -0.2) is 0 Å². The van der Waals surface area contributed by atoms with Gasteiger partial charge in [0.2, 0.25) is 0 Å². The standard InChI is InChI=1S/C10H15NS.ClH/c1-2-5-9(4-1)11-8-10-6-3-7-12-10;/h3,6-7,9,11H,1-2,4-5,8H2;1H. The molecule has 0 radical (unpaired) electrons. The van der Waals surface area contributed by atoms with Gasteiger partial charge in [-0.2, -0.15) is 0 Å². The number of hydrogen-bond donors (Lipinski definition) is 1. The second-order valence-corrected chi connectivity index (χ2v) is 4.47. The number of thiophene rings is 1. The summed E-state index contributed by atoms with van der Waals surface area (Å²) < 4.78 is 0. The van der Waals surface area contributed by atoms with Gasteiger partial charge in [-0.15, -0.1) is 23.7 Å². The molecule has 1 saturated carbocycles. The minimum Gasteiger partial charge on any atom is -0.309 e. The van der Waals surface area contributed by atoms with Crippen LogP contribution in [-0.4, -0.2) is 6.04 Å². The van der Waals surface area contributed by atoms with Crippen molar-refractivity contribution in [3.63, 3.8) is 0 Å². The van der Waals surface area contributed by atoms with Gasteiger partial charge < -0.3 is 5.32 Å². The second kappa shape index (κ2) is 5.63. The molecule has 3 heteroatoms. The van der Waals surface area contributed by atoms with E-state index in [1.165, 1.54) is 30.6 Å². The first-order chi connectivity index (χ1) is 5.95. The van der Waals surface area contributed by atoms with Crippen LogP contribution in [0.15, 0.2) is 17.5 Å². The van der Waals surface area contributed by atoms with Gasteiger partial charge in [0, 0.05) is 17.5 Å². The third-order valence-corrected chi connectivity index (χ3v) is 3.38. The zero-order chi connectivity index (χ0) is 8.23. The first-order valence-electron chi connectivity index (χ1n) is 4.71. The largest absolute Gasteiger partial charge is 0.309 e. The fraction of sp³-hybridized carbons (Fsp3) is 0.600. The smallest absolute Gasteiger partial charge is 0.0302 e. The Morgan fingerprint density at radius 2 is 2.15 bits per heavy atom. The molecule has 0 unspecified atom stereocenters. The van der Waals surface area contributed by atoms with E-state index in [2.05, 4.69) is 22.8 Å². The Balaban J connectivity index is 0.000000845. The Morgan fingerprint density at radius 1 is 1.38 bits per heavy atom. The van der Waals surface area contributed by atoms with Crippen LogP contribution < -0.4 is 5.32 Å². The fourth-order valence-electron chi connectivity index (χ4n) is 1.79. The fourth-order valence-corrected chi connectivity index (χ4v) is 2.44. The molecule has 1 nitrogen and oxygen atoms in total. The average Bonchev–Trinajstić information content (AvgIpc) is 2.74. The van der Waals surface area contributed by atoms with E-state index in [-0.39, 0.29) is 12.4 Å². The molecule has 74 valence electrons. The van der Waals surface area contributed by atoms with Crippen LogP contribution in [0.5, 0.6) is 0 Å². The minimum atomic E-state index is 0. The predicted octanol–water partition coefficient (Wildman–Crippen LogP) is 3.20. The van der Waals surface area contributed by atoms with Crippen LogP contribution in [0, 0.1) is 0 Å². The monoisotopic (exact) mass is 217 g/mol. The van der Waals surface area contributed by atoms with Gasteiger partial charge >= 0.3 is 0 Å². The molecule has 1 fully saturated rings. The quantitative estimate of drug-likeness (QED) is 0.820. The van der Waals surface area contributed by atoms with Crippen molar-refractivity contribution < 1.29 is 0 Å². The topological polar surface area (TPSA) is 12.0 Å². The van der Waals surface area contributed by atoms with Crippen LogP contribution in [-0.2, 0) is 6.54 Å². The molecule has 0 saturated heterocycles. The molecule has 0 bridgehead atoms. The predicted molar refractivity (Wildman–Crippen MR) is 60.7 cm³/mol. The molecule has 0 amide bonds. The van der Waals surface area contributed by atoms with E-state index in [9.17, 15) is 0 Å². The summed E-state index contributed by atoms with van der Waals surface area (Å²) in [5, 5.41) is 5.74. The maximum atomic E-state index is 3.59. The molecule has 0 aromatic carbocycles. The molecule has 1 aromatic heterocycles. The Kier molecular flexibility index (Phi) is 4.78. The SMILES string of the molecule is Cl.c1csc(CNC2CCCC2)c1. The first kappa shape index (κ1) is 11.0. The van der Waals surface area contributed by atoms with Gasteiger partial charge in [0.1, 0.15) is 0 Å². The third kappa shape index (κ3) is 3.29. The summed E-state index contributed by atoms with van der Waals surface area (Å²) in [4.78, 5) is 1.46. The lowest BCUT2D eigenvalue weighted by Gasteiger charge is -2.09. The maximum absolute atomic E-state index is 3.59. The number of nitrogens with one attached hydrogen (secondary N) is 1. The Bertz CT molecular complexity index is 217. The van der Waals surface area contributed by atoms with E-state index in [4.69, 9.17) is 0 Å². The van der Waals surface area contributed by atoms with Crippen LogP contribution >= 0.6 is 23.7 Å². The lowest BCUT2D eigenvalue weighted by Crippen LogP contribution is -2.24. The van der Waals surface area contributed by atoms with Gasteiger partial charge in [0.25, 0.3) is 0 Å². The first-order valence-corrected chi connectivity index (χ1v) is 5.59. The molecule has 0 atom stereocenters. The van der Waals surface area contributed by atoms with Gasteiger partial charge in [0.15, 0.2) is 0 Å². The highest BCUT2D eigenvalue weighted by molar-refractivity contribution is 7.09. The highest BCUT2D eigenvalue weighted by atomic mass is 35.5. The van der Waals surface area contributed by atoms with E-state index >= 15 is 0 Å². The zero-order valence-electron chi connectivity index (χ0n) is 7.66. The van der Waals surface area contributed by atoms with E-state index in [0.717, 1.165) is 12.6 Å². The summed E-state index contributed by atoms with van der Waals surface area (Å²) in [6.45, 7) is 1.07. The lowest BCUT2D eigenvalue weighted by molar-refractivity contribution is 0.527. The molecule has 1 aliphatic rings. The molecule has 1 aliphatic carbocycles. The maximum Gasteiger partial charge on any atom is 0.0302 e. The van der Waals surface area contributed by atoms with E-state index in [1.54, 1.807) is 0 Å². The number of halogens is 1. The van der Waals surface area contributed by atoms with Crippen molar-refractivity contribution in [3.8, 4) is 0 Å². The van der Waals surface area contributed by atoms with Crippen molar-refractivity contribution >= 4 is 23.7 Å². The summed E-state index contributed by atoms with van der Waals surface area (Å²) in [6.07, 6.45) is 5.60. The van der Waals surface area contributed by atoms with Crippen molar-refractivity contribution in [2.45, 2.75) is 38.3 Å². The molecule has 0 aliphatic heterocycles. The highest BCUT2D eigenvalue weighted by Crippen LogP contribution is 2.18. The normalized spacial score (nSPS) is 17.2. The van der Waals surface area contributed by atoms with Gasteiger partial charge in [-0.3, -0.25) is 0 Å². The lowest BCUT2D eigenvalue weighted by atomic mass is 10.2. The van der Waals surface area contributed by atoms with Crippen molar-refractivity contribution in [2.75, 3.05) is 0 Å². The van der Waals surface area contributed by atoms with Gasteiger partial charge in [-0.1, -0.05) is 18.9 Å². The number of hydrogen-bond acceptors (Lipinski definition) is 2. The van der Waals surface area contributed by atoms with Crippen LogP contribution in [0.2, 0.25) is 0 Å². The van der Waals surface area contributed by atoms with Crippen molar-refractivity contribution in [1.29, 1.82) is 0 Å². The average molecular weight is 218 g/mol. The van der Waals surface area contributed by atoms with Crippen molar-refractivity contribution in [3.05, 3.63) is 22.4 Å². The van der Waals surface area contributed by atoms with Gasteiger partial charge in [-0.05, 0) is 24.3 Å². The van der Waals surface area contributed by atoms with Crippen LogP contribution in [0.3, 0.4) is 0 Å². The van der Waals surface area contributed by atoms with Crippen molar-refractivity contribution in [1.82, 2.24) is 5.32 Å². The van der Waals surface area contributed by atoms with E-state index in [1.807, 2.05) is 11.3 Å². The molecule has 1 N–H and O–H groups in total. The van der Waals surface area contributed by atoms with E-state index in [0.29, 0.717) is 0 Å². The van der Waals surface area contributed by atoms with Crippen molar-refractivity contribution in [2.24, 2.45) is 0 Å². The zero-order valence-corrected chi connectivity index (χ0v) is 9.29. The van der Waals surface area contributed by atoms with Gasteiger partial charge in [0.05, 0.1) is 0 Å². The molecule has 1 heterocycles. The molecule has 13 heavy (non-hydrogen) atoms. The second-order valence-electron chi connectivity index (χ2n) is 3.44.